The molecule has 1 aliphatic carbocycles. The number of nitrogens with one attached hydrogen (secondary N) is 2. The molecular formula is C21H22N4O2. The van der Waals surface area contributed by atoms with Crippen LogP contribution in [0.5, 0.6) is 0 Å². The van der Waals surface area contributed by atoms with Crippen LogP contribution in [0.3, 0.4) is 0 Å². The van der Waals surface area contributed by atoms with Crippen LogP contribution < -0.4 is 10.6 Å². The van der Waals surface area contributed by atoms with Gasteiger partial charge in [-0.3, -0.25) is 14.6 Å². The van der Waals surface area contributed by atoms with Crippen molar-refractivity contribution < 1.29 is 9.59 Å². The van der Waals surface area contributed by atoms with Gasteiger partial charge in [0.2, 0.25) is 5.91 Å². The minimum atomic E-state index is -0.552. The topological polar surface area (TPSA) is 84.0 Å². The molecule has 2 aromatic heterocycles. The third-order valence-electron chi connectivity index (χ3n) is 4.47. The molecule has 3 rings (SSSR count). The smallest absolute Gasteiger partial charge is 0.271 e. The van der Waals surface area contributed by atoms with Gasteiger partial charge >= 0.3 is 0 Å². The average Bonchev–Trinajstić information content (AvgIpc) is 2.68. The first-order valence-corrected chi connectivity index (χ1v) is 9.07. The molecule has 0 radical (unpaired) electrons. The molecule has 0 saturated heterocycles. The van der Waals surface area contributed by atoms with Gasteiger partial charge in [0, 0.05) is 24.9 Å². The molecule has 1 fully saturated rings. The Labute approximate surface area is 158 Å². The van der Waals surface area contributed by atoms with E-state index >= 15 is 0 Å². The lowest BCUT2D eigenvalue weighted by atomic mass is 9.82. The highest BCUT2D eigenvalue weighted by molar-refractivity contribution is 5.93. The zero-order valence-electron chi connectivity index (χ0n) is 15.3. The van der Waals surface area contributed by atoms with E-state index in [1.165, 1.54) is 6.92 Å². The molecule has 0 unspecified atom stereocenters. The Morgan fingerprint density at radius 3 is 2.52 bits per heavy atom. The molecule has 2 amide bonds. The number of rotatable bonds is 3. The van der Waals surface area contributed by atoms with E-state index in [9.17, 15) is 9.59 Å². The van der Waals surface area contributed by atoms with Gasteiger partial charge in [-0.25, -0.2) is 4.98 Å². The number of hydrogen-bond donors (Lipinski definition) is 2. The quantitative estimate of drug-likeness (QED) is 0.823. The second-order valence-corrected chi connectivity index (χ2v) is 6.68. The van der Waals surface area contributed by atoms with Gasteiger partial charge in [0.15, 0.2) is 0 Å². The molecule has 0 atom stereocenters. The Balaban J connectivity index is 1.78. The summed E-state index contributed by atoms with van der Waals surface area (Å²) in [6, 6.07) is 8.80. The fourth-order valence-corrected chi connectivity index (χ4v) is 3.13. The highest BCUT2D eigenvalue weighted by Gasteiger charge is 2.32. The molecular weight excluding hydrogens is 340 g/mol. The average molecular weight is 362 g/mol. The normalized spacial score (nSPS) is 15.1. The second-order valence-electron chi connectivity index (χ2n) is 6.68. The molecule has 0 bridgehead atoms. The van der Waals surface area contributed by atoms with Gasteiger partial charge in [-0.1, -0.05) is 37.2 Å². The standard InChI is InChI=1S/C21H22N4O2/c1-16(26)24-19-9-8-17(15-23-19)10-13-21(11-4-2-5-12-21)25-20(27)18-7-3-6-14-22-18/h3,6-9,14-15H,2,4-5,11-12H2,1H3,(H,25,27)(H,23,24,26). The van der Waals surface area contributed by atoms with Crippen molar-refractivity contribution in [2.24, 2.45) is 0 Å². The van der Waals surface area contributed by atoms with Gasteiger partial charge in [0.25, 0.3) is 5.91 Å². The van der Waals surface area contributed by atoms with E-state index in [0.29, 0.717) is 11.5 Å². The van der Waals surface area contributed by atoms with Gasteiger partial charge in [0.05, 0.1) is 0 Å². The van der Waals surface area contributed by atoms with Crippen molar-refractivity contribution in [3.8, 4) is 11.8 Å². The summed E-state index contributed by atoms with van der Waals surface area (Å²) in [7, 11) is 0. The SMILES string of the molecule is CC(=O)Nc1ccc(C#CC2(NC(=O)c3ccccn3)CCCCC2)cn1. The molecule has 6 heteroatoms. The van der Waals surface area contributed by atoms with Gasteiger partial charge in [-0.2, -0.15) is 0 Å². The summed E-state index contributed by atoms with van der Waals surface area (Å²) in [5.74, 6) is 6.53. The van der Waals surface area contributed by atoms with Crippen LogP contribution in [-0.4, -0.2) is 27.3 Å². The largest absolute Gasteiger partial charge is 0.334 e. The molecule has 27 heavy (non-hydrogen) atoms. The van der Waals surface area contributed by atoms with E-state index in [2.05, 4.69) is 32.4 Å². The minimum Gasteiger partial charge on any atom is -0.334 e. The van der Waals surface area contributed by atoms with Crippen LogP contribution >= 0.6 is 0 Å². The summed E-state index contributed by atoms with van der Waals surface area (Å²) in [6.07, 6.45) is 8.06. The number of carbonyl (C=O) groups excluding carboxylic acids is 2. The van der Waals surface area contributed by atoms with E-state index in [4.69, 9.17) is 0 Å². The third-order valence-corrected chi connectivity index (χ3v) is 4.47. The van der Waals surface area contributed by atoms with Crippen LogP contribution in [0.4, 0.5) is 5.82 Å². The lowest BCUT2D eigenvalue weighted by Crippen LogP contribution is -2.49. The van der Waals surface area contributed by atoms with Crippen LogP contribution in [-0.2, 0) is 4.79 Å². The number of aromatic nitrogens is 2. The first-order valence-electron chi connectivity index (χ1n) is 9.07. The number of anilines is 1. The maximum atomic E-state index is 12.6. The Kier molecular flexibility index (Phi) is 5.82. The van der Waals surface area contributed by atoms with Crippen molar-refractivity contribution >= 4 is 17.6 Å². The number of carbonyl (C=O) groups is 2. The monoisotopic (exact) mass is 362 g/mol. The van der Waals surface area contributed by atoms with E-state index in [1.807, 2.05) is 6.07 Å². The first-order chi connectivity index (χ1) is 13.1. The maximum absolute atomic E-state index is 12.6. The molecule has 2 heterocycles. The van der Waals surface area contributed by atoms with Crippen molar-refractivity contribution in [2.75, 3.05) is 5.32 Å². The zero-order valence-corrected chi connectivity index (χ0v) is 15.3. The van der Waals surface area contributed by atoms with Crippen LogP contribution in [0, 0.1) is 11.8 Å². The number of amides is 2. The van der Waals surface area contributed by atoms with E-state index in [1.54, 1.807) is 36.7 Å². The summed E-state index contributed by atoms with van der Waals surface area (Å²) in [6.45, 7) is 1.44. The Bertz CT molecular complexity index is 861. The molecule has 0 aromatic carbocycles. The highest BCUT2D eigenvalue weighted by Crippen LogP contribution is 2.28. The Hall–Kier alpha value is -3.20. The summed E-state index contributed by atoms with van der Waals surface area (Å²) in [5.41, 5.74) is 0.579. The molecule has 0 spiro atoms. The predicted octanol–water partition coefficient (Wildman–Crippen LogP) is 2.92. The van der Waals surface area contributed by atoms with Crippen LogP contribution in [0.25, 0.3) is 0 Å². The lowest BCUT2D eigenvalue weighted by molar-refractivity contribution is -0.114. The summed E-state index contributed by atoms with van der Waals surface area (Å²) in [5, 5.41) is 5.73. The predicted molar refractivity (Wildman–Crippen MR) is 103 cm³/mol. The molecule has 6 nitrogen and oxygen atoms in total. The van der Waals surface area contributed by atoms with E-state index < -0.39 is 5.54 Å². The minimum absolute atomic E-state index is 0.167. The van der Waals surface area contributed by atoms with Crippen LogP contribution in [0.2, 0.25) is 0 Å². The maximum Gasteiger partial charge on any atom is 0.271 e. The Morgan fingerprint density at radius 1 is 1.07 bits per heavy atom. The first kappa shape index (κ1) is 18.6. The van der Waals surface area contributed by atoms with Gasteiger partial charge < -0.3 is 10.6 Å². The Morgan fingerprint density at radius 2 is 1.89 bits per heavy atom. The fraction of sp³-hybridized carbons (Fsp3) is 0.333. The number of hydrogen-bond acceptors (Lipinski definition) is 4. The molecule has 1 saturated carbocycles. The van der Waals surface area contributed by atoms with Crippen molar-refractivity contribution in [2.45, 2.75) is 44.6 Å². The van der Waals surface area contributed by atoms with Crippen molar-refractivity contribution in [3.63, 3.8) is 0 Å². The highest BCUT2D eigenvalue weighted by atomic mass is 16.2. The third kappa shape index (κ3) is 5.14. The van der Waals surface area contributed by atoms with Gasteiger partial charge in [-0.15, -0.1) is 0 Å². The molecule has 2 N–H and O–H groups in total. The van der Waals surface area contributed by atoms with Crippen molar-refractivity contribution in [1.82, 2.24) is 15.3 Å². The lowest BCUT2D eigenvalue weighted by Gasteiger charge is -2.33. The number of pyridine rings is 2. The van der Waals surface area contributed by atoms with Crippen molar-refractivity contribution in [3.05, 3.63) is 54.0 Å². The van der Waals surface area contributed by atoms with Crippen LogP contribution in [0.1, 0.15) is 55.1 Å². The number of nitrogens with zero attached hydrogens (tertiary/aromatic N) is 2. The van der Waals surface area contributed by atoms with E-state index in [-0.39, 0.29) is 11.8 Å². The van der Waals surface area contributed by atoms with Crippen molar-refractivity contribution in [1.29, 1.82) is 0 Å². The summed E-state index contributed by atoms with van der Waals surface area (Å²) < 4.78 is 0. The summed E-state index contributed by atoms with van der Waals surface area (Å²) >= 11 is 0. The molecule has 2 aromatic rings. The van der Waals surface area contributed by atoms with Gasteiger partial charge in [0.1, 0.15) is 17.1 Å². The molecule has 0 aliphatic heterocycles. The fourth-order valence-electron chi connectivity index (χ4n) is 3.13. The zero-order chi connectivity index (χ0) is 19.1. The van der Waals surface area contributed by atoms with Gasteiger partial charge in [-0.05, 0) is 37.1 Å². The van der Waals surface area contributed by atoms with Crippen LogP contribution in [0.15, 0.2) is 42.7 Å². The molecule has 1 aliphatic rings. The molecule has 138 valence electrons. The summed E-state index contributed by atoms with van der Waals surface area (Å²) in [4.78, 5) is 32.0. The van der Waals surface area contributed by atoms with E-state index in [0.717, 1.165) is 37.7 Å². The second kappa shape index (κ2) is 8.45.